The molecule has 118 valence electrons. The molecule has 0 aliphatic carbocycles. The second kappa shape index (κ2) is 6.23. The van der Waals surface area contributed by atoms with Crippen LogP contribution in [0.4, 0.5) is 28.9 Å². The number of rotatable bonds is 4. The topological polar surface area (TPSA) is 47.3 Å². The fourth-order valence-corrected chi connectivity index (χ4v) is 1.94. The molecule has 22 heavy (non-hydrogen) atoms. The molecule has 0 atom stereocenters. The summed E-state index contributed by atoms with van der Waals surface area (Å²) in [5.74, 6) is -0.489. The van der Waals surface area contributed by atoms with Crippen LogP contribution in [0.2, 0.25) is 0 Å². The van der Waals surface area contributed by atoms with Crippen molar-refractivity contribution in [3.63, 3.8) is 0 Å². The van der Waals surface area contributed by atoms with E-state index in [0.29, 0.717) is 0 Å². The van der Waals surface area contributed by atoms with Crippen LogP contribution in [0.25, 0.3) is 0 Å². The summed E-state index contributed by atoms with van der Waals surface area (Å²) in [5, 5.41) is 2.57. The normalized spacial score (nSPS) is 11.4. The number of benzene rings is 2. The van der Waals surface area contributed by atoms with Crippen LogP contribution < -0.4 is 15.8 Å². The van der Waals surface area contributed by atoms with Gasteiger partial charge in [-0.1, -0.05) is 6.07 Å². The molecule has 0 amide bonds. The SMILES string of the molecule is COc1ccc(Nc2ccc(CN)c(F)c2)c(C(F)(F)F)c1. The first-order valence-electron chi connectivity index (χ1n) is 6.36. The molecule has 0 unspecified atom stereocenters. The second-order valence-electron chi connectivity index (χ2n) is 4.54. The van der Waals surface area contributed by atoms with Gasteiger partial charge in [0.05, 0.1) is 18.4 Å². The van der Waals surface area contributed by atoms with E-state index in [9.17, 15) is 17.6 Å². The highest BCUT2D eigenvalue weighted by atomic mass is 19.4. The average molecular weight is 314 g/mol. The summed E-state index contributed by atoms with van der Waals surface area (Å²) in [6.07, 6.45) is -4.56. The quantitative estimate of drug-likeness (QED) is 0.837. The summed E-state index contributed by atoms with van der Waals surface area (Å²) < 4.78 is 57.7. The summed E-state index contributed by atoms with van der Waals surface area (Å²) in [7, 11) is 1.28. The molecule has 2 aromatic carbocycles. The molecule has 0 saturated carbocycles. The molecular weight excluding hydrogens is 300 g/mol. The van der Waals surface area contributed by atoms with E-state index in [-0.39, 0.29) is 29.2 Å². The van der Waals surface area contributed by atoms with E-state index < -0.39 is 17.6 Å². The molecule has 0 spiro atoms. The number of ether oxygens (including phenoxy) is 1. The molecule has 0 aliphatic heterocycles. The molecular formula is C15H14F4N2O. The summed E-state index contributed by atoms with van der Waals surface area (Å²) >= 11 is 0. The van der Waals surface area contributed by atoms with Crippen molar-refractivity contribution in [2.75, 3.05) is 12.4 Å². The predicted octanol–water partition coefficient (Wildman–Crippen LogP) is 4.06. The van der Waals surface area contributed by atoms with Gasteiger partial charge in [0.25, 0.3) is 0 Å². The van der Waals surface area contributed by atoms with Gasteiger partial charge in [-0.05, 0) is 30.3 Å². The van der Waals surface area contributed by atoms with Crippen LogP contribution in [-0.4, -0.2) is 7.11 Å². The van der Waals surface area contributed by atoms with Crippen molar-refractivity contribution in [1.82, 2.24) is 0 Å². The summed E-state index contributed by atoms with van der Waals surface area (Å²) in [6.45, 7) is 0.0163. The number of methoxy groups -OCH3 is 1. The van der Waals surface area contributed by atoms with E-state index in [1.807, 2.05) is 0 Å². The lowest BCUT2D eigenvalue weighted by atomic mass is 10.1. The van der Waals surface area contributed by atoms with Crippen molar-refractivity contribution in [3.8, 4) is 5.75 Å². The first-order chi connectivity index (χ1) is 10.3. The highest BCUT2D eigenvalue weighted by Gasteiger charge is 2.34. The van der Waals surface area contributed by atoms with Gasteiger partial charge < -0.3 is 15.8 Å². The van der Waals surface area contributed by atoms with Crippen LogP contribution in [0.3, 0.4) is 0 Å². The Kier molecular flexibility index (Phi) is 4.56. The first-order valence-corrected chi connectivity index (χ1v) is 6.36. The highest BCUT2D eigenvalue weighted by molar-refractivity contribution is 5.65. The Morgan fingerprint density at radius 2 is 1.86 bits per heavy atom. The Balaban J connectivity index is 2.38. The monoisotopic (exact) mass is 314 g/mol. The van der Waals surface area contributed by atoms with Crippen molar-refractivity contribution in [2.24, 2.45) is 5.73 Å². The van der Waals surface area contributed by atoms with Gasteiger partial charge in [0.15, 0.2) is 0 Å². The minimum Gasteiger partial charge on any atom is -0.497 e. The number of halogens is 4. The summed E-state index contributed by atoms with van der Waals surface area (Å²) in [6, 6.07) is 7.50. The molecule has 0 aromatic heterocycles. The van der Waals surface area contributed by atoms with Crippen molar-refractivity contribution >= 4 is 11.4 Å². The van der Waals surface area contributed by atoms with Gasteiger partial charge in [-0.25, -0.2) is 4.39 Å². The van der Waals surface area contributed by atoms with Crippen LogP contribution >= 0.6 is 0 Å². The van der Waals surface area contributed by atoms with E-state index in [1.54, 1.807) is 0 Å². The lowest BCUT2D eigenvalue weighted by Gasteiger charge is -2.16. The number of hydrogen-bond donors (Lipinski definition) is 2. The van der Waals surface area contributed by atoms with E-state index in [1.165, 1.54) is 31.4 Å². The fraction of sp³-hybridized carbons (Fsp3) is 0.200. The van der Waals surface area contributed by atoms with Crippen LogP contribution in [0, 0.1) is 5.82 Å². The lowest BCUT2D eigenvalue weighted by molar-refractivity contribution is -0.137. The van der Waals surface area contributed by atoms with E-state index >= 15 is 0 Å². The Hall–Kier alpha value is -2.28. The minimum atomic E-state index is -4.56. The summed E-state index contributed by atoms with van der Waals surface area (Å²) in [5.41, 5.74) is 4.75. The maximum absolute atomic E-state index is 13.6. The minimum absolute atomic E-state index is 0.0163. The molecule has 0 radical (unpaired) electrons. The Bertz CT molecular complexity index is 671. The van der Waals surface area contributed by atoms with Crippen molar-refractivity contribution < 1.29 is 22.3 Å². The number of alkyl halides is 3. The number of anilines is 2. The fourth-order valence-electron chi connectivity index (χ4n) is 1.94. The summed E-state index contributed by atoms with van der Waals surface area (Å²) in [4.78, 5) is 0. The molecule has 0 bridgehead atoms. The van der Waals surface area contributed by atoms with Crippen LogP contribution in [0.15, 0.2) is 36.4 Å². The maximum Gasteiger partial charge on any atom is 0.418 e. The van der Waals surface area contributed by atoms with Crippen LogP contribution in [-0.2, 0) is 12.7 Å². The van der Waals surface area contributed by atoms with E-state index in [4.69, 9.17) is 10.5 Å². The molecule has 0 fully saturated rings. The zero-order valence-electron chi connectivity index (χ0n) is 11.7. The van der Waals surface area contributed by atoms with Crippen LogP contribution in [0.1, 0.15) is 11.1 Å². The molecule has 3 N–H and O–H groups in total. The zero-order valence-corrected chi connectivity index (χ0v) is 11.7. The molecule has 0 heterocycles. The highest BCUT2D eigenvalue weighted by Crippen LogP contribution is 2.38. The third-order valence-electron chi connectivity index (χ3n) is 3.08. The standard InChI is InChI=1S/C15H14F4N2O/c1-22-11-4-5-14(12(7-11)15(17,18)19)21-10-3-2-9(8-20)13(16)6-10/h2-7,21H,8,20H2,1H3. The Labute approximate surface area is 124 Å². The second-order valence-corrected chi connectivity index (χ2v) is 4.54. The van der Waals surface area contributed by atoms with Gasteiger partial charge in [-0.15, -0.1) is 0 Å². The van der Waals surface area contributed by atoms with E-state index in [0.717, 1.165) is 12.1 Å². The van der Waals surface area contributed by atoms with Gasteiger partial charge in [0.2, 0.25) is 0 Å². The first kappa shape index (κ1) is 16.1. The Morgan fingerprint density at radius 1 is 1.14 bits per heavy atom. The van der Waals surface area contributed by atoms with Gasteiger partial charge in [0, 0.05) is 17.8 Å². The lowest BCUT2D eigenvalue weighted by Crippen LogP contribution is -2.09. The number of hydrogen-bond acceptors (Lipinski definition) is 3. The molecule has 2 rings (SSSR count). The van der Waals surface area contributed by atoms with E-state index in [2.05, 4.69) is 5.32 Å². The van der Waals surface area contributed by atoms with Crippen LogP contribution in [0.5, 0.6) is 5.75 Å². The van der Waals surface area contributed by atoms with Gasteiger partial charge in [-0.2, -0.15) is 13.2 Å². The molecule has 2 aromatic rings. The molecule has 0 aliphatic rings. The Morgan fingerprint density at radius 3 is 2.41 bits per heavy atom. The smallest absolute Gasteiger partial charge is 0.418 e. The predicted molar refractivity (Wildman–Crippen MR) is 75.6 cm³/mol. The largest absolute Gasteiger partial charge is 0.497 e. The maximum atomic E-state index is 13.6. The number of nitrogens with two attached hydrogens (primary N) is 1. The number of nitrogens with one attached hydrogen (secondary N) is 1. The third kappa shape index (κ3) is 3.48. The van der Waals surface area contributed by atoms with Crippen molar-refractivity contribution in [1.29, 1.82) is 0 Å². The van der Waals surface area contributed by atoms with Gasteiger partial charge >= 0.3 is 6.18 Å². The average Bonchev–Trinajstić information content (AvgIpc) is 2.47. The third-order valence-corrected chi connectivity index (χ3v) is 3.08. The molecule has 7 heteroatoms. The van der Waals surface area contributed by atoms with Crippen molar-refractivity contribution in [3.05, 3.63) is 53.3 Å². The molecule has 0 saturated heterocycles. The molecule has 3 nitrogen and oxygen atoms in total. The van der Waals surface area contributed by atoms with Gasteiger partial charge in [0.1, 0.15) is 11.6 Å². The van der Waals surface area contributed by atoms with Crippen molar-refractivity contribution in [2.45, 2.75) is 12.7 Å². The van der Waals surface area contributed by atoms with Gasteiger partial charge in [-0.3, -0.25) is 0 Å². The zero-order chi connectivity index (χ0) is 16.3.